The predicted molar refractivity (Wildman–Crippen MR) is 112 cm³/mol. The number of esters is 2. The van der Waals surface area contributed by atoms with Gasteiger partial charge >= 0.3 is 11.9 Å². The van der Waals surface area contributed by atoms with Gasteiger partial charge < -0.3 is 9.47 Å². The van der Waals surface area contributed by atoms with Crippen LogP contribution in [0.3, 0.4) is 0 Å². The van der Waals surface area contributed by atoms with E-state index in [0.29, 0.717) is 6.42 Å². The summed E-state index contributed by atoms with van der Waals surface area (Å²) in [6.45, 7) is 2.06. The molecule has 0 aromatic rings. The summed E-state index contributed by atoms with van der Waals surface area (Å²) in [6, 6.07) is 0. The summed E-state index contributed by atoms with van der Waals surface area (Å²) >= 11 is 0. The standard InChI is InChI=1S/C23H44O4/c1-4-21(23(25)27-3)19-17-15-13-11-9-7-5-6-8-10-12-14-16-18-20-22(24)26-2/h21H,4-20H2,1-3H3. The molecule has 4 nitrogen and oxygen atoms in total. The molecule has 0 aromatic heterocycles. The van der Waals surface area contributed by atoms with Crippen LogP contribution >= 0.6 is 0 Å². The van der Waals surface area contributed by atoms with Crippen LogP contribution < -0.4 is 0 Å². The molecule has 0 aromatic carbocycles. The van der Waals surface area contributed by atoms with Gasteiger partial charge in [-0.25, -0.2) is 0 Å². The molecular formula is C23H44O4. The largest absolute Gasteiger partial charge is 0.469 e. The SMILES string of the molecule is CCC(CCCCCCCCCCCCCCCCC(=O)OC)C(=O)OC. The van der Waals surface area contributed by atoms with E-state index in [1.807, 2.05) is 0 Å². The molecule has 27 heavy (non-hydrogen) atoms. The summed E-state index contributed by atoms with van der Waals surface area (Å²) in [5.41, 5.74) is 0. The molecule has 0 radical (unpaired) electrons. The summed E-state index contributed by atoms with van der Waals surface area (Å²) in [4.78, 5) is 22.5. The van der Waals surface area contributed by atoms with Crippen molar-refractivity contribution in [2.24, 2.45) is 5.92 Å². The topological polar surface area (TPSA) is 52.6 Å². The molecule has 0 bridgehead atoms. The highest BCUT2D eigenvalue weighted by atomic mass is 16.5. The van der Waals surface area contributed by atoms with E-state index >= 15 is 0 Å². The molecule has 0 fully saturated rings. The third kappa shape index (κ3) is 16.8. The second-order valence-corrected chi connectivity index (χ2v) is 7.69. The van der Waals surface area contributed by atoms with Gasteiger partial charge in [-0.1, -0.05) is 90.4 Å². The Balaban J connectivity index is 3.21. The average Bonchev–Trinajstić information content (AvgIpc) is 2.69. The second kappa shape index (κ2) is 19.7. The van der Waals surface area contributed by atoms with Crippen LogP contribution in [-0.4, -0.2) is 26.2 Å². The molecule has 4 heteroatoms. The van der Waals surface area contributed by atoms with Gasteiger partial charge in [0.25, 0.3) is 0 Å². The van der Waals surface area contributed by atoms with Gasteiger partial charge in [-0.05, 0) is 19.3 Å². The number of carbonyl (C=O) groups excluding carboxylic acids is 2. The first-order valence-corrected chi connectivity index (χ1v) is 11.3. The van der Waals surface area contributed by atoms with Crippen molar-refractivity contribution in [3.63, 3.8) is 0 Å². The zero-order valence-electron chi connectivity index (χ0n) is 18.2. The molecule has 0 aliphatic heterocycles. The van der Waals surface area contributed by atoms with E-state index in [1.54, 1.807) is 0 Å². The second-order valence-electron chi connectivity index (χ2n) is 7.69. The maximum Gasteiger partial charge on any atom is 0.308 e. The van der Waals surface area contributed by atoms with Crippen molar-refractivity contribution < 1.29 is 19.1 Å². The third-order valence-corrected chi connectivity index (χ3v) is 5.44. The molecule has 1 unspecified atom stereocenters. The number of ether oxygens (including phenoxy) is 2. The average molecular weight is 385 g/mol. The van der Waals surface area contributed by atoms with Crippen molar-refractivity contribution in [2.45, 2.75) is 116 Å². The Morgan fingerprint density at radius 3 is 1.41 bits per heavy atom. The number of hydrogen-bond donors (Lipinski definition) is 0. The molecule has 160 valence electrons. The Labute approximate surface area is 167 Å². The highest BCUT2D eigenvalue weighted by molar-refractivity contribution is 5.72. The first-order chi connectivity index (χ1) is 13.2. The van der Waals surface area contributed by atoms with Crippen molar-refractivity contribution in [3.05, 3.63) is 0 Å². The lowest BCUT2D eigenvalue weighted by Crippen LogP contribution is -2.15. The lowest BCUT2D eigenvalue weighted by atomic mass is 9.98. The number of carbonyl (C=O) groups is 2. The molecule has 0 aliphatic carbocycles. The molecule has 0 rings (SSSR count). The minimum Gasteiger partial charge on any atom is -0.469 e. The minimum absolute atomic E-state index is 0.0429. The van der Waals surface area contributed by atoms with Crippen LogP contribution in [0, 0.1) is 5.92 Å². The summed E-state index contributed by atoms with van der Waals surface area (Å²) in [5, 5.41) is 0. The molecule has 0 saturated heterocycles. The number of methoxy groups -OCH3 is 2. The van der Waals surface area contributed by atoms with E-state index < -0.39 is 0 Å². The maximum absolute atomic E-state index is 11.5. The first-order valence-electron chi connectivity index (χ1n) is 11.3. The number of unbranched alkanes of at least 4 members (excludes halogenated alkanes) is 13. The van der Waals surface area contributed by atoms with E-state index in [9.17, 15) is 9.59 Å². The van der Waals surface area contributed by atoms with Crippen LogP contribution in [-0.2, 0) is 19.1 Å². The predicted octanol–water partition coefficient (Wildman–Crippen LogP) is 6.60. The Kier molecular flexibility index (Phi) is 18.9. The lowest BCUT2D eigenvalue weighted by Gasteiger charge is -2.11. The van der Waals surface area contributed by atoms with E-state index in [4.69, 9.17) is 4.74 Å². The first kappa shape index (κ1) is 25.9. The van der Waals surface area contributed by atoms with Gasteiger partial charge in [-0.3, -0.25) is 9.59 Å². The highest BCUT2D eigenvalue weighted by Gasteiger charge is 2.15. The lowest BCUT2D eigenvalue weighted by molar-refractivity contribution is -0.146. The van der Waals surface area contributed by atoms with Crippen LogP contribution in [0.2, 0.25) is 0 Å². The highest BCUT2D eigenvalue weighted by Crippen LogP contribution is 2.17. The van der Waals surface area contributed by atoms with Gasteiger partial charge in [-0.2, -0.15) is 0 Å². The van der Waals surface area contributed by atoms with Crippen molar-refractivity contribution in [1.29, 1.82) is 0 Å². The molecule has 0 amide bonds. The quantitative estimate of drug-likeness (QED) is 0.186. The normalized spacial score (nSPS) is 12.0. The fraction of sp³-hybridized carbons (Fsp3) is 0.913. The summed E-state index contributed by atoms with van der Waals surface area (Å²) < 4.78 is 9.48. The van der Waals surface area contributed by atoms with Gasteiger partial charge in [0.1, 0.15) is 0 Å². The summed E-state index contributed by atoms with van der Waals surface area (Å²) in [5.74, 6) is -0.0251. The zero-order chi connectivity index (χ0) is 20.2. The molecule has 1 atom stereocenters. The molecule has 0 spiro atoms. The smallest absolute Gasteiger partial charge is 0.308 e. The molecule has 0 N–H and O–H groups in total. The molecule has 0 saturated carbocycles. The van der Waals surface area contributed by atoms with Gasteiger partial charge in [-0.15, -0.1) is 0 Å². The fourth-order valence-corrected chi connectivity index (χ4v) is 3.54. The number of rotatable bonds is 19. The summed E-state index contributed by atoms with van der Waals surface area (Å²) in [6.07, 6.45) is 20.2. The molecule has 0 heterocycles. The molecule has 0 aliphatic rings. The van der Waals surface area contributed by atoms with Crippen molar-refractivity contribution in [1.82, 2.24) is 0 Å². The minimum atomic E-state index is -0.0821. The van der Waals surface area contributed by atoms with Crippen LogP contribution in [0.5, 0.6) is 0 Å². The van der Waals surface area contributed by atoms with Gasteiger partial charge in [0.2, 0.25) is 0 Å². The molecular weight excluding hydrogens is 340 g/mol. The Morgan fingerprint density at radius 2 is 1.04 bits per heavy atom. The Bertz CT molecular complexity index is 354. The van der Waals surface area contributed by atoms with Crippen molar-refractivity contribution in [3.8, 4) is 0 Å². The van der Waals surface area contributed by atoms with Crippen molar-refractivity contribution in [2.75, 3.05) is 14.2 Å². The third-order valence-electron chi connectivity index (χ3n) is 5.44. The van der Waals surface area contributed by atoms with E-state index in [2.05, 4.69) is 11.7 Å². The van der Waals surface area contributed by atoms with Crippen LogP contribution in [0.4, 0.5) is 0 Å². The van der Waals surface area contributed by atoms with E-state index in [-0.39, 0.29) is 17.9 Å². The Hall–Kier alpha value is -1.06. The van der Waals surface area contributed by atoms with Gasteiger partial charge in [0.05, 0.1) is 20.1 Å². The monoisotopic (exact) mass is 384 g/mol. The zero-order valence-corrected chi connectivity index (χ0v) is 18.2. The maximum atomic E-state index is 11.5. The van der Waals surface area contributed by atoms with Gasteiger partial charge in [0, 0.05) is 6.42 Å². The van der Waals surface area contributed by atoms with E-state index in [1.165, 1.54) is 84.8 Å². The van der Waals surface area contributed by atoms with Crippen molar-refractivity contribution >= 4 is 11.9 Å². The van der Waals surface area contributed by atoms with Crippen LogP contribution in [0.15, 0.2) is 0 Å². The fourth-order valence-electron chi connectivity index (χ4n) is 3.54. The summed E-state index contributed by atoms with van der Waals surface area (Å²) in [7, 11) is 2.94. The van der Waals surface area contributed by atoms with Gasteiger partial charge in [0.15, 0.2) is 0 Å². The van der Waals surface area contributed by atoms with E-state index in [0.717, 1.165) is 32.1 Å². The Morgan fingerprint density at radius 1 is 0.630 bits per heavy atom. The van der Waals surface area contributed by atoms with Crippen LogP contribution in [0.25, 0.3) is 0 Å². The number of hydrogen-bond acceptors (Lipinski definition) is 4. The van der Waals surface area contributed by atoms with Crippen LogP contribution in [0.1, 0.15) is 116 Å².